The summed E-state index contributed by atoms with van der Waals surface area (Å²) in [6.07, 6.45) is -4.86. The molecule has 0 fully saturated rings. The first-order valence-corrected chi connectivity index (χ1v) is 5.07. The van der Waals surface area contributed by atoms with Gasteiger partial charge in [0.15, 0.2) is 5.43 Å². The molecule has 0 amide bonds. The third kappa shape index (κ3) is 2.26. The molecule has 0 N–H and O–H groups in total. The number of hydrogen-bond donors (Lipinski definition) is 0. The zero-order chi connectivity index (χ0) is 14.4. The van der Waals surface area contributed by atoms with Crippen LogP contribution in [0.4, 0.5) is 18.9 Å². The molecule has 0 radical (unpaired) electrons. The fraction of sp³-hybridized carbons (Fsp3) is 0.100. The van der Waals surface area contributed by atoms with E-state index in [1.165, 1.54) is 0 Å². The van der Waals surface area contributed by atoms with Crippen molar-refractivity contribution >= 4 is 28.3 Å². The van der Waals surface area contributed by atoms with E-state index in [2.05, 4.69) is 4.42 Å². The van der Waals surface area contributed by atoms with Crippen molar-refractivity contribution < 1.29 is 22.5 Å². The van der Waals surface area contributed by atoms with Crippen LogP contribution in [0.5, 0.6) is 0 Å². The number of alkyl halides is 3. The SMILES string of the molecule is O=c1cc(C(F)(F)F)oc2ccc(Cl)c([N+](=O)[O-])c12. The predicted molar refractivity (Wildman–Crippen MR) is 59.2 cm³/mol. The average Bonchev–Trinajstić information content (AvgIpc) is 2.27. The van der Waals surface area contributed by atoms with Crippen molar-refractivity contribution in [3.8, 4) is 0 Å². The molecule has 1 heterocycles. The molecule has 100 valence electrons. The number of rotatable bonds is 1. The Morgan fingerprint density at radius 2 is 1.95 bits per heavy atom. The number of halogens is 4. The smallest absolute Gasteiger partial charge is 0.449 e. The van der Waals surface area contributed by atoms with E-state index in [-0.39, 0.29) is 11.1 Å². The standard InChI is InChI=1S/C10H3ClF3NO4/c11-4-1-2-6-8(9(4)15(17)18)5(16)3-7(19-6)10(12,13)14/h1-3H. The minimum atomic E-state index is -4.86. The van der Waals surface area contributed by atoms with Gasteiger partial charge in [-0.05, 0) is 12.1 Å². The molecular weight excluding hydrogens is 291 g/mol. The summed E-state index contributed by atoms with van der Waals surface area (Å²) in [6, 6.07) is 2.12. The molecule has 0 unspecified atom stereocenters. The minimum absolute atomic E-state index is 0.158. The molecule has 1 aromatic heterocycles. The van der Waals surface area contributed by atoms with Crippen LogP contribution in [0.25, 0.3) is 11.0 Å². The van der Waals surface area contributed by atoms with Crippen molar-refractivity contribution in [1.29, 1.82) is 0 Å². The van der Waals surface area contributed by atoms with Crippen LogP contribution in [0.3, 0.4) is 0 Å². The lowest BCUT2D eigenvalue weighted by molar-refractivity contribution is -0.383. The summed E-state index contributed by atoms with van der Waals surface area (Å²) in [6.45, 7) is 0. The summed E-state index contributed by atoms with van der Waals surface area (Å²) in [5.74, 6) is -1.53. The summed E-state index contributed by atoms with van der Waals surface area (Å²) >= 11 is 5.56. The summed E-state index contributed by atoms with van der Waals surface area (Å²) in [5, 5.41) is 9.84. The van der Waals surface area contributed by atoms with Crippen molar-refractivity contribution in [2.75, 3.05) is 0 Å². The van der Waals surface area contributed by atoms with E-state index in [4.69, 9.17) is 11.6 Å². The Kier molecular flexibility index (Phi) is 2.97. The molecule has 5 nitrogen and oxygen atoms in total. The Balaban J connectivity index is 2.92. The molecule has 2 aromatic rings. The number of benzene rings is 1. The molecule has 19 heavy (non-hydrogen) atoms. The van der Waals surface area contributed by atoms with Crippen LogP contribution in [0, 0.1) is 10.1 Å². The normalized spacial score (nSPS) is 11.8. The van der Waals surface area contributed by atoms with Crippen molar-refractivity contribution in [3.05, 3.63) is 49.3 Å². The van der Waals surface area contributed by atoms with Crippen LogP contribution in [0.15, 0.2) is 27.4 Å². The summed E-state index contributed by atoms with van der Waals surface area (Å²) < 4.78 is 41.8. The highest BCUT2D eigenvalue weighted by Gasteiger charge is 2.36. The predicted octanol–water partition coefficient (Wildman–Crippen LogP) is 3.37. The second kappa shape index (κ2) is 4.23. The number of nitro benzene ring substituents is 1. The van der Waals surface area contributed by atoms with Gasteiger partial charge >= 0.3 is 11.9 Å². The van der Waals surface area contributed by atoms with Crippen LogP contribution in [-0.4, -0.2) is 4.92 Å². The van der Waals surface area contributed by atoms with Crippen molar-refractivity contribution in [2.45, 2.75) is 6.18 Å². The van der Waals surface area contributed by atoms with E-state index >= 15 is 0 Å². The van der Waals surface area contributed by atoms with Crippen LogP contribution in [0.1, 0.15) is 5.76 Å². The molecule has 9 heteroatoms. The molecule has 1 aromatic carbocycles. The Morgan fingerprint density at radius 3 is 2.47 bits per heavy atom. The molecule has 2 rings (SSSR count). The number of nitrogens with zero attached hydrogens (tertiary/aromatic N) is 1. The lowest BCUT2D eigenvalue weighted by Crippen LogP contribution is -2.12. The molecule has 0 bridgehead atoms. The van der Waals surface area contributed by atoms with Gasteiger partial charge in [0.05, 0.1) is 4.92 Å². The summed E-state index contributed by atoms with van der Waals surface area (Å²) in [4.78, 5) is 21.4. The highest BCUT2D eigenvalue weighted by Crippen LogP contribution is 2.34. The van der Waals surface area contributed by atoms with E-state index in [1.54, 1.807) is 0 Å². The fourth-order valence-electron chi connectivity index (χ4n) is 1.53. The first-order chi connectivity index (χ1) is 8.71. The lowest BCUT2D eigenvalue weighted by atomic mass is 10.2. The van der Waals surface area contributed by atoms with Gasteiger partial charge in [-0.1, -0.05) is 11.6 Å². The van der Waals surface area contributed by atoms with E-state index in [1.807, 2.05) is 0 Å². The van der Waals surface area contributed by atoms with Gasteiger partial charge < -0.3 is 4.42 Å². The Hall–Kier alpha value is -2.09. The quantitative estimate of drug-likeness (QED) is 0.597. The monoisotopic (exact) mass is 293 g/mol. The molecule has 0 saturated heterocycles. The van der Waals surface area contributed by atoms with Crippen LogP contribution in [0.2, 0.25) is 5.02 Å². The highest BCUT2D eigenvalue weighted by atomic mass is 35.5. The van der Waals surface area contributed by atoms with Gasteiger partial charge in [0.2, 0.25) is 5.76 Å². The Bertz CT molecular complexity index is 738. The van der Waals surface area contributed by atoms with Crippen molar-refractivity contribution in [1.82, 2.24) is 0 Å². The van der Waals surface area contributed by atoms with Gasteiger partial charge in [-0.3, -0.25) is 14.9 Å². The second-order valence-electron chi connectivity index (χ2n) is 3.50. The van der Waals surface area contributed by atoms with Crippen LogP contribution in [-0.2, 0) is 6.18 Å². The lowest BCUT2D eigenvalue weighted by Gasteiger charge is -2.06. The van der Waals surface area contributed by atoms with Gasteiger partial charge in [0, 0.05) is 6.07 Å². The Morgan fingerprint density at radius 1 is 1.32 bits per heavy atom. The maximum Gasteiger partial charge on any atom is 0.449 e. The van der Waals surface area contributed by atoms with Gasteiger partial charge in [0.1, 0.15) is 16.0 Å². The summed E-state index contributed by atoms with van der Waals surface area (Å²) in [5.41, 5.74) is -2.50. The van der Waals surface area contributed by atoms with Crippen LogP contribution < -0.4 is 5.43 Å². The van der Waals surface area contributed by atoms with Gasteiger partial charge in [-0.25, -0.2) is 0 Å². The third-order valence-corrected chi connectivity index (χ3v) is 2.59. The number of nitro groups is 1. The molecule has 0 aliphatic rings. The minimum Gasteiger partial charge on any atom is -0.451 e. The van der Waals surface area contributed by atoms with Gasteiger partial charge in [-0.15, -0.1) is 0 Å². The van der Waals surface area contributed by atoms with E-state index in [0.717, 1.165) is 12.1 Å². The number of hydrogen-bond acceptors (Lipinski definition) is 4. The first kappa shape index (κ1) is 13.3. The summed E-state index contributed by atoms with van der Waals surface area (Å²) in [7, 11) is 0. The third-order valence-electron chi connectivity index (χ3n) is 2.28. The molecule has 0 aliphatic heterocycles. The molecule has 0 spiro atoms. The molecular formula is C10H3ClF3NO4. The molecule has 0 saturated carbocycles. The maximum absolute atomic E-state index is 12.4. The number of fused-ring (bicyclic) bond motifs is 1. The van der Waals surface area contributed by atoms with E-state index < -0.39 is 38.9 Å². The van der Waals surface area contributed by atoms with Crippen molar-refractivity contribution in [3.63, 3.8) is 0 Å². The fourth-order valence-corrected chi connectivity index (χ4v) is 1.75. The zero-order valence-electron chi connectivity index (χ0n) is 8.82. The molecule has 0 aliphatic carbocycles. The van der Waals surface area contributed by atoms with Gasteiger partial charge in [-0.2, -0.15) is 13.2 Å². The van der Waals surface area contributed by atoms with Crippen molar-refractivity contribution in [2.24, 2.45) is 0 Å². The second-order valence-corrected chi connectivity index (χ2v) is 3.91. The van der Waals surface area contributed by atoms with E-state index in [0.29, 0.717) is 0 Å². The first-order valence-electron chi connectivity index (χ1n) is 4.70. The topological polar surface area (TPSA) is 73.3 Å². The Labute approximate surface area is 107 Å². The van der Waals surface area contributed by atoms with Crippen LogP contribution >= 0.6 is 11.6 Å². The highest BCUT2D eigenvalue weighted by molar-refractivity contribution is 6.34. The van der Waals surface area contributed by atoms with E-state index in [9.17, 15) is 28.1 Å². The maximum atomic E-state index is 12.4. The van der Waals surface area contributed by atoms with Gasteiger partial charge in [0.25, 0.3) is 0 Å². The zero-order valence-corrected chi connectivity index (χ0v) is 9.58. The average molecular weight is 294 g/mol. The largest absolute Gasteiger partial charge is 0.451 e. The molecule has 0 atom stereocenters.